The minimum atomic E-state index is -1.36. The Balaban J connectivity index is 1.61. The predicted octanol–water partition coefficient (Wildman–Crippen LogP) is 3.06. The molecule has 3 amide bonds. The molecule has 2 saturated heterocycles. The zero-order valence-corrected chi connectivity index (χ0v) is 17.7. The molecule has 3 heterocycles. The van der Waals surface area contributed by atoms with Gasteiger partial charge in [-0.15, -0.1) is 0 Å². The number of carbonyl (C=O) groups is 3. The largest absolute Gasteiger partial charge is 0.324 e. The van der Waals surface area contributed by atoms with Gasteiger partial charge in [0.05, 0.1) is 18.4 Å². The van der Waals surface area contributed by atoms with Crippen LogP contribution in [0, 0.1) is 23.6 Å². The first-order valence-corrected chi connectivity index (χ1v) is 10.6. The van der Waals surface area contributed by atoms with Gasteiger partial charge in [-0.05, 0) is 41.8 Å². The number of carbonyl (C=O) groups excluding carboxylic acids is 3. The molecule has 0 aromatic heterocycles. The first-order chi connectivity index (χ1) is 14.7. The van der Waals surface area contributed by atoms with E-state index in [1.54, 1.807) is 30.3 Å². The Hall–Kier alpha value is -2.77. The highest BCUT2D eigenvalue weighted by Gasteiger charge is 2.70. The van der Waals surface area contributed by atoms with E-state index in [1.165, 1.54) is 17.0 Å². The maximum absolute atomic E-state index is 13.6. The molecule has 2 aromatic rings. The summed E-state index contributed by atoms with van der Waals surface area (Å²) in [6, 6.07) is 10.4. The lowest BCUT2D eigenvalue weighted by Gasteiger charge is -2.30. The normalized spacial score (nSPS) is 29.1. The van der Waals surface area contributed by atoms with Gasteiger partial charge in [0.25, 0.3) is 0 Å². The van der Waals surface area contributed by atoms with Gasteiger partial charge in [-0.2, -0.15) is 0 Å². The Morgan fingerprint density at radius 1 is 1.10 bits per heavy atom. The summed E-state index contributed by atoms with van der Waals surface area (Å²) < 4.78 is 13.3. The van der Waals surface area contributed by atoms with Crippen LogP contribution in [0.4, 0.5) is 10.1 Å². The molecule has 6 nitrogen and oxygen atoms in total. The third-order valence-corrected chi connectivity index (χ3v) is 6.91. The van der Waals surface area contributed by atoms with Crippen LogP contribution in [0.1, 0.15) is 25.0 Å². The summed E-state index contributed by atoms with van der Waals surface area (Å²) in [4.78, 5) is 41.6. The number of anilines is 1. The lowest BCUT2D eigenvalue weighted by Crippen LogP contribution is -2.53. The Morgan fingerprint density at radius 3 is 2.48 bits per heavy atom. The molecule has 2 N–H and O–H groups in total. The van der Waals surface area contributed by atoms with Crippen molar-refractivity contribution < 1.29 is 18.8 Å². The summed E-state index contributed by atoms with van der Waals surface area (Å²) >= 11 is 6.23. The lowest BCUT2D eigenvalue weighted by atomic mass is 9.76. The van der Waals surface area contributed by atoms with E-state index in [0.29, 0.717) is 21.8 Å². The Morgan fingerprint density at radius 2 is 1.81 bits per heavy atom. The molecule has 3 aliphatic heterocycles. The van der Waals surface area contributed by atoms with Gasteiger partial charge in [-0.1, -0.05) is 37.6 Å². The highest BCUT2D eigenvalue weighted by atomic mass is 35.5. The second kappa shape index (κ2) is 6.87. The summed E-state index contributed by atoms with van der Waals surface area (Å²) in [6.07, 6.45) is 0. The zero-order valence-electron chi connectivity index (χ0n) is 17.0. The SMILES string of the molecule is CC(C)[C@H]1N[C@@]2(C(=O)Nc3ccc(Cl)cc32)[C@H]2C(=O)N(Cc3ccc(F)cc3)C(=O)[C@H]12. The minimum Gasteiger partial charge on any atom is -0.324 e. The third-order valence-electron chi connectivity index (χ3n) is 6.68. The molecule has 0 aliphatic carbocycles. The third kappa shape index (κ3) is 2.76. The highest BCUT2D eigenvalue weighted by molar-refractivity contribution is 6.31. The average molecular weight is 442 g/mol. The number of likely N-dealkylation sites (tertiary alicyclic amines) is 1. The molecule has 31 heavy (non-hydrogen) atoms. The number of amides is 3. The van der Waals surface area contributed by atoms with Crippen LogP contribution in [-0.2, 0) is 26.5 Å². The van der Waals surface area contributed by atoms with Crippen molar-refractivity contribution in [2.45, 2.75) is 32.0 Å². The number of hydrogen-bond donors (Lipinski definition) is 2. The first kappa shape index (κ1) is 20.2. The van der Waals surface area contributed by atoms with Gasteiger partial charge in [0.15, 0.2) is 0 Å². The number of fused-ring (bicyclic) bond motifs is 4. The van der Waals surface area contributed by atoms with E-state index in [-0.39, 0.29) is 36.1 Å². The van der Waals surface area contributed by atoms with Crippen molar-refractivity contribution in [3.8, 4) is 0 Å². The number of halogens is 2. The van der Waals surface area contributed by atoms with Crippen molar-refractivity contribution in [1.29, 1.82) is 0 Å². The Kier molecular flexibility index (Phi) is 4.46. The molecule has 3 aliphatic rings. The van der Waals surface area contributed by atoms with E-state index in [4.69, 9.17) is 11.6 Å². The maximum atomic E-state index is 13.6. The molecule has 0 bridgehead atoms. The smallest absolute Gasteiger partial charge is 0.250 e. The molecule has 5 rings (SSSR count). The van der Waals surface area contributed by atoms with Crippen LogP contribution in [0.5, 0.6) is 0 Å². The van der Waals surface area contributed by atoms with Gasteiger partial charge in [0, 0.05) is 22.3 Å². The van der Waals surface area contributed by atoms with Crippen molar-refractivity contribution >= 4 is 35.0 Å². The van der Waals surface area contributed by atoms with Gasteiger partial charge in [0.1, 0.15) is 11.4 Å². The van der Waals surface area contributed by atoms with Crippen LogP contribution in [-0.4, -0.2) is 28.7 Å². The summed E-state index contributed by atoms with van der Waals surface area (Å²) in [5.74, 6) is -3.02. The Bertz CT molecular complexity index is 1120. The number of rotatable bonds is 3. The van der Waals surface area contributed by atoms with Crippen LogP contribution >= 0.6 is 11.6 Å². The molecule has 0 radical (unpaired) electrons. The van der Waals surface area contributed by atoms with E-state index in [2.05, 4.69) is 10.6 Å². The summed E-state index contributed by atoms with van der Waals surface area (Å²) in [5.41, 5.74) is 0.463. The molecule has 1 spiro atoms. The van der Waals surface area contributed by atoms with Crippen LogP contribution in [0.15, 0.2) is 42.5 Å². The van der Waals surface area contributed by atoms with Gasteiger partial charge in [0.2, 0.25) is 17.7 Å². The second-order valence-corrected chi connectivity index (χ2v) is 9.20. The monoisotopic (exact) mass is 441 g/mol. The van der Waals surface area contributed by atoms with Crippen LogP contribution < -0.4 is 10.6 Å². The maximum Gasteiger partial charge on any atom is 0.250 e. The van der Waals surface area contributed by atoms with E-state index in [9.17, 15) is 18.8 Å². The standard InChI is InChI=1S/C23H21ClFN3O3/c1-11(2)19-17-18(21(30)28(20(17)29)10-12-3-6-14(25)7-4-12)23(27-19)15-9-13(24)5-8-16(15)26-22(23)31/h3-9,11,17-19,27H,10H2,1-2H3,(H,26,31)/t17-,18+,19+,23+/m0/s1. The number of benzene rings is 2. The highest BCUT2D eigenvalue weighted by Crippen LogP contribution is 2.54. The number of nitrogens with one attached hydrogen (secondary N) is 2. The average Bonchev–Trinajstić information content (AvgIpc) is 3.31. The van der Waals surface area contributed by atoms with Crippen molar-refractivity contribution in [3.05, 3.63) is 64.4 Å². The number of hydrogen-bond acceptors (Lipinski definition) is 4. The van der Waals surface area contributed by atoms with E-state index >= 15 is 0 Å². The summed E-state index contributed by atoms with van der Waals surface area (Å²) in [7, 11) is 0. The van der Waals surface area contributed by atoms with E-state index < -0.39 is 23.3 Å². The van der Waals surface area contributed by atoms with Crippen LogP contribution in [0.2, 0.25) is 5.02 Å². The molecular formula is C23H21ClFN3O3. The van der Waals surface area contributed by atoms with Gasteiger partial charge in [-0.3, -0.25) is 24.6 Å². The first-order valence-electron chi connectivity index (χ1n) is 10.2. The topological polar surface area (TPSA) is 78.5 Å². The molecule has 0 saturated carbocycles. The van der Waals surface area contributed by atoms with Crippen molar-refractivity contribution in [2.24, 2.45) is 17.8 Å². The molecule has 160 valence electrons. The fourth-order valence-electron chi connectivity index (χ4n) is 5.27. The second-order valence-electron chi connectivity index (χ2n) is 8.76. The summed E-state index contributed by atoms with van der Waals surface area (Å²) in [5, 5.41) is 6.66. The quantitative estimate of drug-likeness (QED) is 0.717. The molecule has 0 unspecified atom stereocenters. The van der Waals surface area contributed by atoms with Gasteiger partial charge in [-0.25, -0.2) is 4.39 Å². The fraction of sp³-hybridized carbons (Fsp3) is 0.348. The van der Waals surface area contributed by atoms with Gasteiger partial charge >= 0.3 is 0 Å². The molecule has 8 heteroatoms. The van der Waals surface area contributed by atoms with Crippen molar-refractivity contribution in [1.82, 2.24) is 10.2 Å². The molecule has 2 fully saturated rings. The van der Waals surface area contributed by atoms with Crippen LogP contribution in [0.25, 0.3) is 0 Å². The Labute approximate surface area is 183 Å². The van der Waals surface area contributed by atoms with Gasteiger partial charge < -0.3 is 5.32 Å². The lowest BCUT2D eigenvalue weighted by molar-refractivity contribution is -0.143. The van der Waals surface area contributed by atoms with Crippen molar-refractivity contribution in [2.75, 3.05) is 5.32 Å². The molecule has 2 aromatic carbocycles. The summed E-state index contributed by atoms with van der Waals surface area (Å²) in [6.45, 7) is 3.95. The zero-order chi connectivity index (χ0) is 22.1. The fourth-order valence-corrected chi connectivity index (χ4v) is 5.44. The van der Waals surface area contributed by atoms with Crippen LogP contribution in [0.3, 0.4) is 0 Å². The van der Waals surface area contributed by atoms with E-state index in [0.717, 1.165) is 0 Å². The molecular weight excluding hydrogens is 421 g/mol. The minimum absolute atomic E-state index is 0.00503. The number of imide groups is 1. The molecule has 4 atom stereocenters. The predicted molar refractivity (Wildman–Crippen MR) is 112 cm³/mol. The van der Waals surface area contributed by atoms with E-state index in [1.807, 2.05) is 13.8 Å². The van der Waals surface area contributed by atoms with Crippen molar-refractivity contribution in [3.63, 3.8) is 0 Å². The number of nitrogens with zero attached hydrogens (tertiary/aromatic N) is 1.